The SMILES string of the molecule is C[C@H](C(=N)N1CCc2ccccc2C1)c1ccc(O)c(C(=O)O)c1. The Balaban J connectivity index is 1.81. The summed E-state index contributed by atoms with van der Waals surface area (Å²) in [4.78, 5) is 13.2. The van der Waals surface area contributed by atoms with E-state index >= 15 is 0 Å². The lowest BCUT2D eigenvalue weighted by molar-refractivity contribution is 0.0693. The Hall–Kier alpha value is -2.82. The minimum absolute atomic E-state index is 0.129. The van der Waals surface area contributed by atoms with Crippen molar-refractivity contribution < 1.29 is 15.0 Å². The normalized spacial score (nSPS) is 14.8. The Morgan fingerprint density at radius 1 is 1.21 bits per heavy atom. The fraction of sp³-hybridized carbons (Fsp3) is 0.263. The van der Waals surface area contributed by atoms with E-state index in [0.29, 0.717) is 17.9 Å². The summed E-state index contributed by atoms with van der Waals surface area (Å²) in [5.74, 6) is -1.20. The molecular formula is C19H20N2O3. The van der Waals surface area contributed by atoms with Crippen molar-refractivity contribution in [1.82, 2.24) is 4.90 Å². The van der Waals surface area contributed by atoms with E-state index in [1.165, 1.54) is 23.3 Å². The molecule has 1 heterocycles. The third kappa shape index (κ3) is 2.97. The molecule has 0 unspecified atom stereocenters. The lowest BCUT2D eigenvalue weighted by atomic mass is 9.94. The van der Waals surface area contributed by atoms with E-state index in [1.54, 1.807) is 6.07 Å². The summed E-state index contributed by atoms with van der Waals surface area (Å²) in [6, 6.07) is 12.8. The number of carbonyl (C=O) groups is 1. The van der Waals surface area contributed by atoms with E-state index in [2.05, 4.69) is 12.1 Å². The third-order valence-corrected chi connectivity index (χ3v) is 4.63. The van der Waals surface area contributed by atoms with Crippen molar-refractivity contribution in [3.05, 3.63) is 64.7 Å². The van der Waals surface area contributed by atoms with Crippen molar-refractivity contribution in [1.29, 1.82) is 5.41 Å². The van der Waals surface area contributed by atoms with E-state index in [0.717, 1.165) is 13.0 Å². The molecule has 3 N–H and O–H groups in total. The van der Waals surface area contributed by atoms with Crippen LogP contribution in [0.5, 0.6) is 5.75 Å². The predicted molar refractivity (Wildman–Crippen MR) is 91.8 cm³/mol. The van der Waals surface area contributed by atoms with E-state index < -0.39 is 5.97 Å². The first kappa shape index (κ1) is 16.1. The molecule has 3 rings (SSSR count). The maximum absolute atomic E-state index is 11.2. The summed E-state index contributed by atoms with van der Waals surface area (Å²) in [7, 11) is 0. The van der Waals surface area contributed by atoms with Gasteiger partial charge in [0.1, 0.15) is 17.1 Å². The number of aromatic hydroxyl groups is 1. The van der Waals surface area contributed by atoms with Crippen LogP contribution < -0.4 is 0 Å². The van der Waals surface area contributed by atoms with Crippen LogP contribution >= 0.6 is 0 Å². The van der Waals surface area contributed by atoms with Gasteiger partial charge < -0.3 is 15.1 Å². The highest BCUT2D eigenvalue weighted by molar-refractivity contribution is 5.92. The van der Waals surface area contributed by atoms with Gasteiger partial charge in [-0.15, -0.1) is 0 Å². The van der Waals surface area contributed by atoms with Gasteiger partial charge in [0.05, 0.1) is 0 Å². The van der Waals surface area contributed by atoms with Crippen LogP contribution in [0, 0.1) is 5.41 Å². The Morgan fingerprint density at radius 3 is 2.62 bits per heavy atom. The molecule has 1 aliphatic rings. The number of amidine groups is 1. The largest absolute Gasteiger partial charge is 0.507 e. The van der Waals surface area contributed by atoms with Crippen LogP contribution in [0.1, 0.15) is 39.9 Å². The molecule has 0 fully saturated rings. The maximum atomic E-state index is 11.2. The van der Waals surface area contributed by atoms with Crippen LogP contribution in [0.25, 0.3) is 0 Å². The third-order valence-electron chi connectivity index (χ3n) is 4.63. The van der Waals surface area contributed by atoms with Gasteiger partial charge in [-0.2, -0.15) is 0 Å². The van der Waals surface area contributed by atoms with Crippen molar-refractivity contribution in [3.8, 4) is 5.75 Å². The summed E-state index contributed by atoms with van der Waals surface area (Å²) in [5, 5.41) is 27.3. The van der Waals surface area contributed by atoms with Gasteiger partial charge in [-0.05, 0) is 35.2 Å². The highest BCUT2D eigenvalue weighted by atomic mass is 16.4. The summed E-state index contributed by atoms with van der Waals surface area (Å²) in [6.07, 6.45) is 0.904. The Bertz CT molecular complexity index is 801. The second kappa shape index (κ2) is 6.35. The average Bonchev–Trinajstić information content (AvgIpc) is 2.60. The molecule has 24 heavy (non-hydrogen) atoms. The Kier molecular flexibility index (Phi) is 4.25. The zero-order valence-corrected chi connectivity index (χ0v) is 13.5. The summed E-state index contributed by atoms with van der Waals surface area (Å²) < 4.78 is 0. The minimum atomic E-state index is -1.17. The summed E-state index contributed by atoms with van der Waals surface area (Å²) >= 11 is 0. The van der Waals surface area contributed by atoms with E-state index in [-0.39, 0.29) is 17.2 Å². The second-order valence-electron chi connectivity index (χ2n) is 6.13. The average molecular weight is 324 g/mol. The zero-order chi connectivity index (χ0) is 17.3. The van der Waals surface area contributed by atoms with Gasteiger partial charge in [-0.3, -0.25) is 5.41 Å². The number of carboxylic acid groups (broad SMARTS) is 1. The number of rotatable bonds is 3. The molecule has 0 amide bonds. The standard InChI is InChI=1S/C19H20N2O3/c1-12(14-6-7-17(22)16(10-14)19(23)24)18(20)21-9-8-13-4-2-3-5-15(13)11-21/h2-7,10,12,20,22H,8-9,11H2,1H3,(H,23,24)/t12-/m0/s1. The first-order chi connectivity index (χ1) is 11.5. The van der Waals surface area contributed by atoms with Crippen LogP contribution in [0.3, 0.4) is 0 Å². The van der Waals surface area contributed by atoms with Gasteiger partial charge in [-0.1, -0.05) is 37.3 Å². The highest BCUT2D eigenvalue weighted by Crippen LogP contribution is 2.27. The zero-order valence-electron chi connectivity index (χ0n) is 13.5. The molecule has 2 aromatic rings. The van der Waals surface area contributed by atoms with Crippen molar-refractivity contribution in [2.75, 3.05) is 6.54 Å². The molecule has 1 atom stereocenters. The van der Waals surface area contributed by atoms with E-state index in [9.17, 15) is 9.90 Å². The van der Waals surface area contributed by atoms with E-state index in [4.69, 9.17) is 10.5 Å². The van der Waals surface area contributed by atoms with Crippen molar-refractivity contribution in [2.45, 2.75) is 25.8 Å². The van der Waals surface area contributed by atoms with Crippen LogP contribution in [-0.2, 0) is 13.0 Å². The second-order valence-corrected chi connectivity index (χ2v) is 6.13. The van der Waals surface area contributed by atoms with Gasteiger partial charge in [0.25, 0.3) is 0 Å². The monoisotopic (exact) mass is 324 g/mol. The fourth-order valence-electron chi connectivity index (χ4n) is 3.13. The lowest BCUT2D eigenvalue weighted by Crippen LogP contribution is -2.38. The highest BCUT2D eigenvalue weighted by Gasteiger charge is 2.23. The number of fused-ring (bicyclic) bond motifs is 1. The van der Waals surface area contributed by atoms with Crippen LogP contribution in [-0.4, -0.2) is 33.5 Å². The van der Waals surface area contributed by atoms with Crippen molar-refractivity contribution >= 4 is 11.8 Å². The summed E-state index contributed by atoms with van der Waals surface area (Å²) in [5.41, 5.74) is 3.15. The number of phenols is 1. The maximum Gasteiger partial charge on any atom is 0.339 e. The molecule has 2 aromatic carbocycles. The molecule has 0 aromatic heterocycles. The molecule has 5 nitrogen and oxygen atoms in total. The molecule has 0 aliphatic carbocycles. The van der Waals surface area contributed by atoms with Crippen LogP contribution in [0.2, 0.25) is 0 Å². The number of hydrogen-bond acceptors (Lipinski definition) is 3. The Morgan fingerprint density at radius 2 is 1.92 bits per heavy atom. The fourth-order valence-corrected chi connectivity index (χ4v) is 3.13. The molecule has 0 radical (unpaired) electrons. The van der Waals surface area contributed by atoms with Gasteiger partial charge in [0.15, 0.2) is 0 Å². The smallest absolute Gasteiger partial charge is 0.339 e. The van der Waals surface area contributed by atoms with E-state index in [1.807, 2.05) is 24.0 Å². The Labute approximate surface area is 140 Å². The van der Waals surface area contributed by atoms with Gasteiger partial charge in [-0.25, -0.2) is 4.79 Å². The van der Waals surface area contributed by atoms with Crippen molar-refractivity contribution in [3.63, 3.8) is 0 Å². The van der Waals surface area contributed by atoms with Gasteiger partial charge >= 0.3 is 5.97 Å². The molecule has 0 saturated carbocycles. The van der Waals surface area contributed by atoms with Crippen LogP contribution in [0.15, 0.2) is 42.5 Å². The number of nitrogens with one attached hydrogen (secondary N) is 1. The molecule has 1 aliphatic heterocycles. The summed E-state index contributed by atoms with van der Waals surface area (Å²) in [6.45, 7) is 3.37. The quantitative estimate of drug-likeness (QED) is 0.598. The molecule has 0 spiro atoms. The molecule has 0 bridgehead atoms. The van der Waals surface area contributed by atoms with Crippen molar-refractivity contribution in [2.24, 2.45) is 0 Å². The topological polar surface area (TPSA) is 84.6 Å². The first-order valence-corrected chi connectivity index (χ1v) is 7.93. The number of nitrogens with zero attached hydrogens (tertiary/aromatic N) is 1. The molecule has 5 heteroatoms. The lowest BCUT2D eigenvalue weighted by Gasteiger charge is -2.33. The molecular weight excluding hydrogens is 304 g/mol. The number of benzene rings is 2. The molecule has 124 valence electrons. The predicted octanol–water partition coefficient (Wildman–Crippen LogP) is 3.23. The minimum Gasteiger partial charge on any atom is -0.507 e. The van der Waals surface area contributed by atoms with Gasteiger partial charge in [0.2, 0.25) is 0 Å². The number of hydrogen-bond donors (Lipinski definition) is 3. The number of aromatic carboxylic acids is 1. The first-order valence-electron chi connectivity index (χ1n) is 7.93. The number of carboxylic acids is 1. The van der Waals surface area contributed by atoms with Gasteiger partial charge in [0, 0.05) is 19.0 Å². The van der Waals surface area contributed by atoms with Crippen LogP contribution in [0.4, 0.5) is 0 Å². The molecule has 0 saturated heterocycles.